The molecule has 0 N–H and O–H groups in total. The normalized spacial score (nSPS) is 33.1. The van der Waals surface area contributed by atoms with E-state index in [0.29, 0.717) is 0 Å². The Morgan fingerprint density at radius 1 is 0.814 bits per heavy atom. The van der Waals surface area contributed by atoms with Gasteiger partial charge in [-0.1, -0.05) is 39.5 Å². The smallest absolute Gasteiger partial charge is 0.306 e. The number of hydrogen-bond acceptors (Lipinski definition) is 12. The van der Waals surface area contributed by atoms with Crippen molar-refractivity contribution in [2.45, 2.75) is 105 Å². The van der Waals surface area contributed by atoms with Crippen molar-refractivity contribution in [3.8, 4) is 0 Å². The van der Waals surface area contributed by atoms with Crippen LogP contribution in [0.25, 0.3) is 0 Å². The number of allylic oxidation sites excluding steroid dienone is 2. The number of fused-ring (bicyclic) bond motifs is 1. The van der Waals surface area contributed by atoms with Crippen LogP contribution < -0.4 is 0 Å². The molecule has 0 aromatic carbocycles. The van der Waals surface area contributed by atoms with Gasteiger partial charge in [0.25, 0.3) is 0 Å². The minimum atomic E-state index is -2.01. The molecule has 8 atom stereocenters. The van der Waals surface area contributed by atoms with Gasteiger partial charge in [0.1, 0.15) is 12.2 Å². The van der Waals surface area contributed by atoms with Crippen molar-refractivity contribution in [1.29, 1.82) is 0 Å². The van der Waals surface area contributed by atoms with E-state index in [9.17, 15) is 33.6 Å². The Bertz CT molecular complexity index is 1210. The molecule has 12 heteroatoms. The quantitative estimate of drug-likeness (QED) is 0.247. The number of ketones is 2. The molecule has 1 fully saturated rings. The van der Waals surface area contributed by atoms with E-state index in [1.165, 1.54) is 32.9 Å². The van der Waals surface area contributed by atoms with E-state index in [4.69, 9.17) is 23.7 Å². The Morgan fingerprint density at radius 3 is 1.84 bits per heavy atom. The number of rotatable bonds is 6. The molecular formula is C31H42O12. The third-order valence-corrected chi connectivity index (χ3v) is 7.70. The maximum Gasteiger partial charge on any atom is 0.306 e. The molecule has 0 heterocycles. The molecule has 0 spiro atoms. The lowest BCUT2D eigenvalue weighted by Crippen LogP contribution is -2.58. The molecule has 0 radical (unpaired) electrons. The Kier molecular flexibility index (Phi) is 11.2. The molecule has 0 aromatic rings. The minimum absolute atomic E-state index is 0.119. The van der Waals surface area contributed by atoms with E-state index < -0.39 is 94.6 Å². The van der Waals surface area contributed by atoms with Crippen LogP contribution in [0.15, 0.2) is 24.3 Å². The fraction of sp³-hybridized carbons (Fsp3) is 0.645. The van der Waals surface area contributed by atoms with Gasteiger partial charge in [-0.3, -0.25) is 33.6 Å². The van der Waals surface area contributed by atoms with Gasteiger partial charge in [0.05, 0.1) is 5.92 Å². The van der Waals surface area contributed by atoms with Crippen LogP contribution in [0.4, 0.5) is 0 Å². The maximum absolute atomic E-state index is 14.3. The lowest BCUT2D eigenvalue weighted by Gasteiger charge is -2.42. The molecule has 2 aliphatic carbocycles. The van der Waals surface area contributed by atoms with Crippen LogP contribution in [-0.4, -0.2) is 71.4 Å². The molecule has 0 bridgehead atoms. The summed E-state index contributed by atoms with van der Waals surface area (Å²) in [6, 6.07) is 0. The van der Waals surface area contributed by atoms with Crippen molar-refractivity contribution in [2.75, 3.05) is 0 Å². The van der Waals surface area contributed by atoms with Gasteiger partial charge in [0.2, 0.25) is 6.10 Å². The minimum Gasteiger partial charge on any atom is -0.462 e. The van der Waals surface area contributed by atoms with Crippen LogP contribution in [0.3, 0.4) is 0 Å². The number of Topliss-reactive ketones (excluding diaryl/α,β-unsaturated/α-hetero) is 2. The summed E-state index contributed by atoms with van der Waals surface area (Å²) in [4.78, 5) is 90.7. The molecule has 0 aromatic heterocycles. The molecule has 0 unspecified atom stereocenters. The topological polar surface area (TPSA) is 166 Å². The Morgan fingerprint density at radius 2 is 1.35 bits per heavy atom. The highest BCUT2D eigenvalue weighted by molar-refractivity contribution is 5.95. The first kappa shape index (κ1) is 35.4. The first-order chi connectivity index (χ1) is 19.8. The molecular weight excluding hydrogens is 564 g/mol. The van der Waals surface area contributed by atoms with Crippen molar-refractivity contribution in [1.82, 2.24) is 0 Å². The SMILES string of the molecule is C=C1[C@H](OC(C)=O)[C@H]2[C@@H](OC(C)=O)[C@@H](C)C[C@]2(OC(C)=O)C(=O)[C@@H](C)/C=C/C(C)(C)C(=O)[C@H](OC(C)=O)[C@H]1OC(=O)CC. The van der Waals surface area contributed by atoms with Crippen molar-refractivity contribution in [3.05, 3.63) is 24.3 Å². The fourth-order valence-electron chi connectivity index (χ4n) is 5.84. The lowest BCUT2D eigenvalue weighted by molar-refractivity contribution is -0.187. The number of hydrogen-bond donors (Lipinski definition) is 0. The second-order valence-electron chi connectivity index (χ2n) is 11.8. The molecule has 12 nitrogen and oxygen atoms in total. The summed E-state index contributed by atoms with van der Waals surface area (Å²) in [5.41, 5.74) is -3.63. The number of ether oxygens (including phenoxy) is 5. The van der Waals surface area contributed by atoms with Gasteiger partial charge in [0, 0.05) is 57.4 Å². The van der Waals surface area contributed by atoms with Gasteiger partial charge in [-0.05, 0) is 19.8 Å². The largest absolute Gasteiger partial charge is 0.462 e. The molecule has 0 aliphatic heterocycles. The van der Waals surface area contributed by atoms with E-state index in [2.05, 4.69) is 6.58 Å². The zero-order valence-corrected chi connectivity index (χ0v) is 26.2. The highest BCUT2D eigenvalue weighted by Gasteiger charge is 2.65. The molecule has 43 heavy (non-hydrogen) atoms. The van der Waals surface area contributed by atoms with Gasteiger partial charge in [0.15, 0.2) is 23.3 Å². The van der Waals surface area contributed by atoms with Crippen LogP contribution >= 0.6 is 0 Å². The van der Waals surface area contributed by atoms with Crippen LogP contribution in [0.2, 0.25) is 0 Å². The predicted octanol–water partition coefficient (Wildman–Crippen LogP) is 2.99. The summed E-state index contributed by atoms with van der Waals surface area (Å²) in [6.45, 7) is 16.2. The molecule has 238 valence electrons. The number of carbonyl (C=O) groups excluding carboxylic acids is 7. The van der Waals surface area contributed by atoms with E-state index in [0.717, 1.165) is 27.7 Å². The first-order valence-electron chi connectivity index (χ1n) is 14.2. The average molecular weight is 607 g/mol. The van der Waals surface area contributed by atoms with Crippen molar-refractivity contribution < 1.29 is 57.2 Å². The third-order valence-electron chi connectivity index (χ3n) is 7.70. The molecule has 1 saturated carbocycles. The monoisotopic (exact) mass is 606 g/mol. The van der Waals surface area contributed by atoms with E-state index in [1.807, 2.05) is 0 Å². The second kappa shape index (κ2) is 13.6. The second-order valence-corrected chi connectivity index (χ2v) is 11.8. The lowest BCUT2D eigenvalue weighted by atomic mass is 9.72. The van der Waals surface area contributed by atoms with Gasteiger partial charge in [-0.25, -0.2) is 0 Å². The summed E-state index contributed by atoms with van der Waals surface area (Å²) in [6.07, 6.45) is -3.60. The van der Waals surface area contributed by atoms with Gasteiger partial charge >= 0.3 is 29.8 Å². The predicted molar refractivity (Wildman–Crippen MR) is 150 cm³/mol. The maximum atomic E-state index is 14.3. The van der Waals surface area contributed by atoms with Crippen LogP contribution in [0.5, 0.6) is 0 Å². The van der Waals surface area contributed by atoms with E-state index in [-0.39, 0.29) is 18.4 Å². The summed E-state index contributed by atoms with van der Waals surface area (Å²) in [5, 5.41) is 0. The average Bonchev–Trinajstić information content (AvgIpc) is 3.15. The van der Waals surface area contributed by atoms with Crippen molar-refractivity contribution >= 4 is 41.4 Å². The van der Waals surface area contributed by atoms with Crippen LogP contribution in [0.1, 0.15) is 75.2 Å². The van der Waals surface area contributed by atoms with Gasteiger partial charge in [-0.15, -0.1) is 0 Å². The highest BCUT2D eigenvalue weighted by Crippen LogP contribution is 2.51. The third kappa shape index (κ3) is 7.77. The standard InChI is InChI=1S/C31H42O12/c1-11-22(36)42-26-17(4)25(40-19(6)33)23-24(39-18(5)32)16(3)14-31(23,43-21(8)35)28(37)15(2)12-13-30(9,10)29(38)27(26)41-20(7)34/h12-13,15-16,23-27H,4,11,14H2,1-3,5-10H3/b13-12+/t15-,16-,23+,24-,25-,26-,27+,31+/m0/s1. The Labute approximate surface area is 251 Å². The zero-order valence-electron chi connectivity index (χ0n) is 26.2. The molecule has 0 saturated heterocycles. The fourth-order valence-corrected chi connectivity index (χ4v) is 5.84. The van der Waals surface area contributed by atoms with E-state index >= 15 is 0 Å². The number of esters is 5. The number of carbonyl (C=O) groups is 7. The van der Waals surface area contributed by atoms with Crippen molar-refractivity contribution in [2.24, 2.45) is 23.2 Å². The highest BCUT2D eigenvalue weighted by atomic mass is 16.6. The summed E-state index contributed by atoms with van der Waals surface area (Å²) in [5.74, 6) is -8.34. The summed E-state index contributed by atoms with van der Waals surface area (Å²) in [7, 11) is 0. The Balaban J connectivity index is 3.08. The molecule has 2 aliphatic rings. The summed E-state index contributed by atoms with van der Waals surface area (Å²) < 4.78 is 28.3. The molecule has 2 rings (SSSR count). The Hall–Kier alpha value is -3.83. The molecule has 0 amide bonds. The zero-order chi connectivity index (χ0) is 33.0. The first-order valence-corrected chi connectivity index (χ1v) is 14.2. The van der Waals surface area contributed by atoms with Gasteiger partial charge in [-0.2, -0.15) is 0 Å². The van der Waals surface area contributed by atoms with Crippen LogP contribution in [0, 0.1) is 23.2 Å². The van der Waals surface area contributed by atoms with Gasteiger partial charge < -0.3 is 23.7 Å². The van der Waals surface area contributed by atoms with Crippen molar-refractivity contribution in [3.63, 3.8) is 0 Å². The van der Waals surface area contributed by atoms with Crippen LogP contribution in [-0.2, 0) is 57.2 Å². The summed E-state index contributed by atoms with van der Waals surface area (Å²) >= 11 is 0. The van der Waals surface area contributed by atoms with E-state index in [1.54, 1.807) is 13.8 Å².